The molecule has 0 radical (unpaired) electrons. The van der Waals surface area contributed by atoms with E-state index in [1.54, 1.807) is 11.3 Å². The predicted octanol–water partition coefficient (Wildman–Crippen LogP) is 2.09. The highest BCUT2D eigenvalue weighted by molar-refractivity contribution is 7.09. The Morgan fingerprint density at radius 3 is 2.92 bits per heavy atom. The van der Waals surface area contributed by atoms with Gasteiger partial charge in [-0.2, -0.15) is 0 Å². The highest BCUT2D eigenvalue weighted by atomic mass is 32.1. The highest BCUT2D eigenvalue weighted by Crippen LogP contribution is 2.47. The highest BCUT2D eigenvalue weighted by Gasteiger charge is 2.41. The number of hydrogen-bond acceptors (Lipinski definition) is 3. The summed E-state index contributed by atoms with van der Waals surface area (Å²) in [5.74, 6) is 0.784. The van der Waals surface area contributed by atoms with Crippen LogP contribution < -0.4 is 0 Å². The van der Waals surface area contributed by atoms with E-state index in [-0.39, 0.29) is 5.41 Å². The Morgan fingerprint density at radius 2 is 2.46 bits per heavy atom. The fourth-order valence-corrected chi connectivity index (χ4v) is 3.20. The van der Waals surface area contributed by atoms with Crippen LogP contribution in [0.1, 0.15) is 24.8 Å². The Kier molecular flexibility index (Phi) is 2.39. The lowest BCUT2D eigenvalue weighted by Crippen LogP contribution is -2.40. The average molecular weight is 197 g/mol. The fraction of sp³-hybridized carbons (Fsp3) is 0.700. The second kappa shape index (κ2) is 3.39. The normalized spacial score (nSPS) is 32.9. The van der Waals surface area contributed by atoms with Crippen molar-refractivity contribution in [1.82, 2.24) is 4.98 Å². The minimum Gasteiger partial charge on any atom is -0.396 e. The molecule has 0 amide bonds. The minimum atomic E-state index is 0.164. The maximum atomic E-state index is 9.33. The molecule has 1 saturated carbocycles. The van der Waals surface area contributed by atoms with E-state index in [1.165, 1.54) is 5.01 Å². The number of thiazole rings is 1. The van der Waals surface area contributed by atoms with Crippen molar-refractivity contribution in [3.63, 3.8) is 0 Å². The molecule has 72 valence electrons. The molecule has 2 nitrogen and oxygen atoms in total. The van der Waals surface area contributed by atoms with E-state index in [2.05, 4.69) is 11.9 Å². The van der Waals surface area contributed by atoms with E-state index in [1.807, 2.05) is 11.6 Å². The Balaban J connectivity index is 2.00. The number of aliphatic hydroxyl groups is 1. The molecular formula is C10H15NOS. The molecular weight excluding hydrogens is 182 g/mol. The number of aliphatic hydroxyl groups excluding tert-OH is 1. The summed E-state index contributed by atoms with van der Waals surface area (Å²) in [7, 11) is 0. The van der Waals surface area contributed by atoms with Crippen molar-refractivity contribution in [2.75, 3.05) is 6.61 Å². The first-order valence-corrected chi connectivity index (χ1v) is 5.61. The first-order valence-electron chi connectivity index (χ1n) is 4.73. The molecule has 13 heavy (non-hydrogen) atoms. The van der Waals surface area contributed by atoms with Crippen molar-refractivity contribution < 1.29 is 5.11 Å². The molecule has 2 rings (SSSR count). The Morgan fingerprint density at radius 1 is 1.69 bits per heavy atom. The van der Waals surface area contributed by atoms with Crippen LogP contribution in [0.25, 0.3) is 0 Å². The van der Waals surface area contributed by atoms with E-state index in [0.29, 0.717) is 6.61 Å². The zero-order chi connectivity index (χ0) is 9.31. The second-order valence-electron chi connectivity index (χ2n) is 4.27. The third-order valence-corrected chi connectivity index (χ3v) is 3.69. The lowest BCUT2D eigenvalue weighted by Gasteiger charge is -2.45. The first kappa shape index (κ1) is 9.16. The summed E-state index contributed by atoms with van der Waals surface area (Å²) in [4.78, 5) is 4.26. The largest absolute Gasteiger partial charge is 0.396 e. The minimum absolute atomic E-state index is 0.164. The maximum Gasteiger partial charge on any atom is 0.0931 e. The van der Waals surface area contributed by atoms with Gasteiger partial charge in [0, 0.05) is 30.0 Å². The van der Waals surface area contributed by atoms with Crippen molar-refractivity contribution in [3.8, 4) is 0 Å². The number of hydrogen-bond donors (Lipinski definition) is 1. The summed E-state index contributed by atoms with van der Waals surface area (Å²) in [6, 6.07) is 0. The van der Waals surface area contributed by atoms with Gasteiger partial charge in [0.2, 0.25) is 0 Å². The van der Waals surface area contributed by atoms with Crippen molar-refractivity contribution in [2.24, 2.45) is 11.3 Å². The summed E-state index contributed by atoms with van der Waals surface area (Å²) in [5.41, 5.74) is 0.164. The first-order chi connectivity index (χ1) is 6.24. The maximum absolute atomic E-state index is 9.33. The van der Waals surface area contributed by atoms with Gasteiger partial charge in [-0.05, 0) is 18.8 Å². The zero-order valence-electron chi connectivity index (χ0n) is 7.86. The van der Waals surface area contributed by atoms with Crippen LogP contribution in [0.2, 0.25) is 0 Å². The molecule has 1 aliphatic rings. The van der Waals surface area contributed by atoms with Crippen molar-refractivity contribution in [2.45, 2.75) is 26.2 Å². The lowest BCUT2D eigenvalue weighted by atomic mass is 9.61. The Bertz CT molecular complexity index is 264. The second-order valence-corrected chi connectivity index (χ2v) is 5.25. The van der Waals surface area contributed by atoms with Crippen molar-refractivity contribution in [1.29, 1.82) is 0 Å². The van der Waals surface area contributed by atoms with Crippen molar-refractivity contribution >= 4 is 11.3 Å². The lowest BCUT2D eigenvalue weighted by molar-refractivity contribution is 0.00252. The molecule has 1 fully saturated rings. The summed E-state index contributed by atoms with van der Waals surface area (Å²) >= 11 is 1.69. The smallest absolute Gasteiger partial charge is 0.0931 e. The van der Waals surface area contributed by atoms with Gasteiger partial charge in [0.15, 0.2) is 0 Å². The van der Waals surface area contributed by atoms with Crippen LogP contribution in [0.5, 0.6) is 0 Å². The third kappa shape index (κ3) is 1.76. The van der Waals surface area contributed by atoms with Gasteiger partial charge in [0.1, 0.15) is 0 Å². The SMILES string of the molecule is CC1CC(CO)(Cc2nccs2)C1. The van der Waals surface area contributed by atoms with E-state index in [9.17, 15) is 5.11 Å². The fourth-order valence-electron chi connectivity index (χ4n) is 2.41. The van der Waals surface area contributed by atoms with Crippen LogP contribution in [-0.4, -0.2) is 16.7 Å². The van der Waals surface area contributed by atoms with Crippen LogP contribution in [0.15, 0.2) is 11.6 Å². The molecule has 1 N–H and O–H groups in total. The van der Waals surface area contributed by atoms with Crippen molar-refractivity contribution in [3.05, 3.63) is 16.6 Å². The van der Waals surface area contributed by atoms with Gasteiger partial charge in [-0.1, -0.05) is 6.92 Å². The van der Waals surface area contributed by atoms with Crippen LogP contribution in [-0.2, 0) is 6.42 Å². The van der Waals surface area contributed by atoms with Gasteiger partial charge in [-0.15, -0.1) is 11.3 Å². The van der Waals surface area contributed by atoms with Gasteiger partial charge in [-0.25, -0.2) is 4.98 Å². The molecule has 0 spiro atoms. The van der Waals surface area contributed by atoms with Crippen LogP contribution in [0.3, 0.4) is 0 Å². The topological polar surface area (TPSA) is 33.1 Å². The predicted molar refractivity (Wildman–Crippen MR) is 53.7 cm³/mol. The van der Waals surface area contributed by atoms with E-state index in [0.717, 1.165) is 25.2 Å². The van der Waals surface area contributed by atoms with Crippen LogP contribution >= 0.6 is 11.3 Å². The Labute approximate surface area is 82.6 Å². The molecule has 3 heteroatoms. The third-order valence-electron chi connectivity index (χ3n) is 2.91. The van der Waals surface area contributed by atoms with Gasteiger partial charge < -0.3 is 5.11 Å². The Hall–Kier alpha value is -0.410. The quantitative estimate of drug-likeness (QED) is 0.805. The van der Waals surface area contributed by atoms with E-state index in [4.69, 9.17) is 0 Å². The molecule has 0 atom stereocenters. The van der Waals surface area contributed by atoms with Gasteiger partial charge in [0.25, 0.3) is 0 Å². The molecule has 0 aromatic carbocycles. The molecule has 1 heterocycles. The molecule has 1 aliphatic carbocycles. The monoisotopic (exact) mass is 197 g/mol. The molecule has 0 unspecified atom stereocenters. The van der Waals surface area contributed by atoms with Gasteiger partial charge in [0.05, 0.1) is 5.01 Å². The molecule has 1 aromatic rings. The summed E-state index contributed by atoms with van der Waals surface area (Å²) in [5, 5.41) is 12.5. The summed E-state index contributed by atoms with van der Waals surface area (Å²) in [6.07, 6.45) is 5.12. The average Bonchev–Trinajstić information content (AvgIpc) is 2.53. The van der Waals surface area contributed by atoms with Gasteiger partial charge in [-0.3, -0.25) is 0 Å². The molecule has 1 aromatic heterocycles. The van der Waals surface area contributed by atoms with Gasteiger partial charge >= 0.3 is 0 Å². The van der Waals surface area contributed by atoms with E-state index < -0.39 is 0 Å². The number of nitrogens with zero attached hydrogens (tertiary/aromatic N) is 1. The van der Waals surface area contributed by atoms with Crippen LogP contribution in [0.4, 0.5) is 0 Å². The molecule has 0 saturated heterocycles. The molecule has 0 aliphatic heterocycles. The summed E-state index contributed by atoms with van der Waals surface area (Å²) < 4.78 is 0. The summed E-state index contributed by atoms with van der Waals surface area (Å²) in [6.45, 7) is 2.56. The number of aromatic nitrogens is 1. The van der Waals surface area contributed by atoms with E-state index >= 15 is 0 Å². The number of rotatable bonds is 3. The molecule has 0 bridgehead atoms. The standard InChI is InChI=1S/C10H15NOS/c1-8-4-10(5-8,7-12)6-9-11-2-3-13-9/h2-3,8,12H,4-7H2,1H3. The van der Waals surface area contributed by atoms with Crippen LogP contribution in [0, 0.1) is 11.3 Å². The zero-order valence-corrected chi connectivity index (χ0v) is 8.68.